The molecule has 1 aromatic rings. The molecule has 2 heterocycles. The topological polar surface area (TPSA) is 57.8 Å². The number of aromatic nitrogens is 2. The Hall–Kier alpha value is -1.16. The molecular formula is C9H13N3O. The second-order valence-electron chi connectivity index (χ2n) is 3.38. The molecule has 0 saturated carbocycles. The van der Waals surface area contributed by atoms with Crippen LogP contribution in [0.1, 0.15) is 23.3 Å². The van der Waals surface area contributed by atoms with Crippen LogP contribution in [0.25, 0.3) is 0 Å². The van der Waals surface area contributed by atoms with Gasteiger partial charge in [0.2, 0.25) is 0 Å². The molecule has 0 bridgehead atoms. The molecule has 0 aromatic carbocycles. The second-order valence-corrected chi connectivity index (χ2v) is 3.38. The largest absolute Gasteiger partial charge is 0.316 e. The van der Waals surface area contributed by atoms with Crippen LogP contribution in [-0.4, -0.2) is 29.1 Å². The van der Waals surface area contributed by atoms with E-state index >= 15 is 0 Å². The molecule has 2 N–H and O–H groups in total. The molecule has 2 rings (SSSR count). The van der Waals surface area contributed by atoms with Gasteiger partial charge in [-0.05, 0) is 25.5 Å². The lowest BCUT2D eigenvalue weighted by Crippen LogP contribution is -2.34. The van der Waals surface area contributed by atoms with Gasteiger partial charge in [0.05, 0.1) is 0 Å². The van der Waals surface area contributed by atoms with Gasteiger partial charge in [-0.1, -0.05) is 0 Å². The van der Waals surface area contributed by atoms with E-state index in [2.05, 4.69) is 15.5 Å². The van der Waals surface area contributed by atoms with E-state index in [1.807, 2.05) is 0 Å². The zero-order valence-electron chi connectivity index (χ0n) is 7.42. The number of carbonyl (C=O) groups excluding carboxylic acids is 1. The first kappa shape index (κ1) is 8.44. The maximum atomic E-state index is 11.7. The number of H-pyrrole nitrogens is 1. The summed E-state index contributed by atoms with van der Waals surface area (Å²) >= 11 is 0. The highest BCUT2D eigenvalue weighted by Gasteiger charge is 2.22. The Morgan fingerprint density at radius 1 is 1.62 bits per heavy atom. The molecule has 0 amide bonds. The summed E-state index contributed by atoms with van der Waals surface area (Å²) in [5, 5.41) is 9.70. The van der Waals surface area contributed by atoms with Crippen molar-refractivity contribution in [3.05, 3.63) is 18.0 Å². The van der Waals surface area contributed by atoms with Gasteiger partial charge in [-0.3, -0.25) is 9.89 Å². The molecule has 0 aliphatic carbocycles. The summed E-state index contributed by atoms with van der Waals surface area (Å²) in [5.74, 6) is 0.318. The lowest BCUT2D eigenvalue weighted by Gasteiger charge is -2.20. The third-order valence-electron chi connectivity index (χ3n) is 2.43. The number of piperidine rings is 1. The summed E-state index contributed by atoms with van der Waals surface area (Å²) in [5.41, 5.74) is 0.633. The van der Waals surface area contributed by atoms with Gasteiger partial charge < -0.3 is 5.32 Å². The summed E-state index contributed by atoms with van der Waals surface area (Å²) < 4.78 is 0. The van der Waals surface area contributed by atoms with Gasteiger partial charge in [-0.2, -0.15) is 5.10 Å². The Kier molecular flexibility index (Phi) is 2.40. The summed E-state index contributed by atoms with van der Waals surface area (Å²) in [6.07, 6.45) is 3.69. The Morgan fingerprint density at radius 3 is 3.15 bits per heavy atom. The van der Waals surface area contributed by atoms with Crippen LogP contribution < -0.4 is 5.32 Å². The molecule has 1 saturated heterocycles. The number of rotatable bonds is 2. The van der Waals surface area contributed by atoms with Crippen molar-refractivity contribution in [2.24, 2.45) is 5.92 Å². The summed E-state index contributed by atoms with van der Waals surface area (Å²) in [4.78, 5) is 11.7. The molecule has 1 atom stereocenters. The van der Waals surface area contributed by atoms with Crippen molar-refractivity contribution in [3.8, 4) is 0 Å². The Balaban J connectivity index is 2.04. The van der Waals surface area contributed by atoms with Gasteiger partial charge in [0.1, 0.15) is 5.69 Å². The van der Waals surface area contributed by atoms with Crippen LogP contribution in [0.4, 0.5) is 0 Å². The fraction of sp³-hybridized carbons (Fsp3) is 0.556. The Morgan fingerprint density at radius 2 is 2.54 bits per heavy atom. The van der Waals surface area contributed by atoms with Crippen LogP contribution in [0.5, 0.6) is 0 Å². The molecule has 4 heteroatoms. The SMILES string of the molecule is O=C(c1ccn[nH]1)C1CCCNC1. The first-order valence-electron chi connectivity index (χ1n) is 4.62. The molecule has 1 fully saturated rings. The zero-order chi connectivity index (χ0) is 9.10. The molecule has 70 valence electrons. The van der Waals surface area contributed by atoms with E-state index in [9.17, 15) is 4.79 Å². The molecule has 1 aromatic heterocycles. The highest BCUT2D eigenvalue weighted by Crippen LogP contribution is 2.14. The van der Waals surface area contributed by atoms with E-state index in [0.29, 0.717) is 5.69 Å². The molecule has 1 unspecified atom stereocenters. The van der Waals surface area contributed by atoms with E-state index in [-0.39, 0.29) is 11.7 Å². The number of Topliss-reactive ketones (excluding diaryl/α,β-unsaturated/α-hetero) is 1. The average molecular weight is 179 g/mol. The van der Waals surface area contributed by atoms with Crippen LogP contribution in [0, 0.1) is 5.92 Å². The monoisotopic (exact) mass is 179 g/mol. The fourth-order valence-electron chi connectivity index (χ4n) is 1.69. The Bertz CT molecular complexity index is 275. The van der Waals surface area contributed by atoms with Crippen molar-refractivity contribution in [1.29, 1.82) is 0 Å². The van der Waals surface area contributed by atoms with Crippen molar-refractivity contribution in [3.63, 3.8) is 0 Å². The minimum Gasteiger partial charge on any atom is -0.316 e. The first-order valence-corrected chi connectivity index (χ1v) is 4.62. The predicted octanol–water partition coefficient (Wildman–Crippen LogP) is 0.592. The maximum absolute atomic E-state index is 11.7. The molecule has 0 radical (unpaired) electrons. The van der Waals surface area contributed by atoms with E-state index in [1.165, 1.54) is 0 Å². The van der Waals surface area contributed by atoms with Crippen molar-refractivity contribution >= 4 is 5.78 Å². The van der Waals surface area contributed by atoms with E-state index in [0.717, 1.165) is 25.9 Å². The smallest absolute Gasteiger partial charge is 0.184 e. The number of hydrogen-bond acceptors (Lipinski definition) is 3. The van der Waals surface area contributed by atoms with Crippen molar-refractivity contribution in [2.75, 3.05) is 13.1 Å². The first-order chi connectivity index (χ1) is 6.38. The minimum absolute atomic E-state index is 0.134. The lowest BCUT2D eigenvalue weighted by molar-refractivity contribution is 0.0894. The van der Waals surface area contributed by atoms with Crippen LogP contribution in [0.3, 0.4) is 0 Å². The summed E-state index contributed by atoms with van der Waals surface area (Å²) in [6.45, 7) is 1.84. The van der Waals surface area contributed by atoms with Gasteiger partial charge >= 0.3 is 0 Å². The van der Waals surface area contributed by atoms with Gasteiger partial charge in [0.25, 0.3) is 0 Å². The molecule has 0 spiro atoms. The maximum Gasteiger partial charge on any atom is 0.184 e. The van der Waals surface area contributed by atoms with Crippen molar-refractivity contribution < 1.29 is 4.79 Å². The summed E-state index contributed by atoms with van der Waals surface area (Å²) in [7, 11) is 0. The summed E-state index contributed by atoms with van der Waals surface area (Å²) in [6, 6.07) is 1.73. The third kappa shape index (κ3) is 1.78. The minimum atomic E-state index is 0.134. The van der Waals surface area contributed by atoms with Crippen LogP contribution >= 0.6 is 0 Å². The highest BCUT2D eigenvalue weighted by molar-refractivity contribution is 5.96. The van der Waals surface area contributed by atoms with E-state index in [4.69, 9.17) is 0 Å². The van der Waals surface area contributed by atoms with Crippen LogP contribution in [0.2, 0.25) is 0 Å². The van der Waals surface area contributed by atoms with E-state index in [1.54, 1.807) is 12.3 Å². The Labute approximate surface area is 76.7 Å². The number of hydrogen-bond donors (Lipinski definition) is 2. The molecule has 13 heavy (non-hydrogen) atoms. The van der Waals surface area contributed by atoms with Crippen molar-refractivity contribution in [1.82, 2.24) is 15.5 Å². The van der Waals surface area contributed by atoms with Crippen LogP contribution in [0.15, 0.2) is 12.3 Å². The number of aromatic amines is 1. The predicted molar refractivity (Wildman–Crippen MR) is 48.5 cm³/mol. The molecular weight excluding hydrogens is 166 g/mol. The fourth-order valence-corrected chi connectivity index (χ4v) is 1.69. The standard InChI is InChI=1S/C9H13N3O/c13-9(8-3-5-11-12-8)7-2-1-4-10-6-7/h3,5,7,10H,1-2,4,6H2,(H,11,12). The molecule has 1 aliphatic heterocycles. The van der Waals surface area contributed by atoms with Gasteiger partial charge in [0, 0.05) is 18.7 Å². The number of nitrogens with one attached hydrogen (secondary N) is 2. The van der Waals surface area contributed by atoms with Gasteiger partial charge in [-0.15, -0.1) is 0 Å². The number of nitrogens with zero attached hydrogens (tertiary/aromatic N) is 1. The average Bonchev–Trinajstić information content (AvgIpc) is 2.71. The number of carbonyl (C=O) groups is 1. The lowest BCUT2D eigenvalue weighted by atomic mass is 9.93. The normalized spacial score (nSPS) is 22.9. The number of ketones is 1. The second kappa shape index (κ2) is 3.70. The third-order valence-corrected chi connectivity index (χ3v) is 2.43. The zero-order valence-corrected chi connectivity index (χ0v) is 7.42. The van der Waals surface area contributed by atoms with Crippen LogP contribution in [-0.2, 0) is 0 Å². The van der Waals surface area contributed by atoms with Crippen molar-refractivity contribution in [2.45, 2.75) is 12.8 Å². The van der Waals surface area contributed by atoms with E-state index < -0.39 is 0 Å². The molecule has 4 nitrogen and oxygen atoms in total. The highest BCUT2D eigenvalue weighted by atomic mass is 16.1. The molecule has 1 aliphatic rings. The van der Waals surface area contributed by atoms with Gasteiger partial charge in [-0.25, -0.2) is 0 Å². The van der Waals surface area contributed by atoms with Gasteiger partial charge in [0.15, 0.2) is 5.78 Å². The quantitative estimate of drug-likeness (QED) is 0.653.